The Kier molecular flexibility index (Phi) is 9.45. The Morgan fingerprint density at radius 2 is 1.71 bits per heavy atom. The van der Waals surface area contributed by atoms with Crippen LogP contribution in [-0.2, 0) is 16.2 Å². The van der Waals surface area contributed by atoms with E-state index in [0.717, 1.165) is 25.9 Å². The summed E-state index contributed by atoms with van der Waals surface area (Å²) in [6.07, 6.45) is 1.62. The third-order valence-electron chi connectivity index (χ3n) is 4.88. The Labute approximate surface area is 212 Å². The first kappa shape index (κ1) is 25.2. The predicted molar refractivity (Wildman–Crippen MR) is 141 cm³/mol. The van der Waals surface area contributed by atoms with Gasteiger partial charge in [0, 0.05) is 18.5 Å². The molecule has 0 fully saturated rings. The fourth-order valence-electron chi connectivity index (χ4n) is 3.07. The topological polar surface area (TPSA) is 89.0 Å². The first-order valence-electron chi connectivity index (χ1n) is 10.7. The molecule has 0 saturated carbocycles. The normalized spacial score (nSPS) is 10.7. The molecule has 0 aliphatic carbocycles. The fraction of sp³-hybridized carbons (Fsp3) is 0.192. The van der Waals surface area contributed by atoms with Gasteiger partial charge < -0.3 is 14.8 Å². The largest absolute Gasteiger partial charge is 0.493 e. The van der Waals surface area contributed by atoms with Gasteiger partial charge in [-0.05, 0) is 64.4 Å². The van der Waals surface area contributed by atoms with Crippen molar-refractivity contribution in [3.63, 3.8) is 0 Å². The SMILES string of the molecule is COc1cc(C=NNC(=O)CCC(=O)Nc2ccccc2C)cc(I)c1OCc1ccccc1. The van der Waals surface area contributed by atoms with Crippen molar-refractivity contribution in [2.24, 2.45) is 5.10 Å². The van der Waals surface area contributed by atoms with Crippen molar-refractivity contribution in [1.82, 2.24) is 5.43 Å². The first-order chi connectivity index (χ1) is 16.5. The molecule has 7 nitrogen and oxygen atoms in total. The minimum absolute atomic E-state index is 0.0299. The van der Waals surface area contributed by atoms with Crippen LogP contribution in [-0.4, -0.2) is 25.1 Å². The molecular formula is C26H26IN3O4. The number of halogens is 1. The molecule has 8 heteroatoms. The predicted octanol–water partition coefficient (Wildman–Crippen LogP) is 5.06. The average molecular weight is 571 g/mol. The lowest BCUT2D eigenvalue weighted by Gasteiger charge is -2.13. The number of hydrogen-bond acceptors (Lipinski definition) is 5. The summed E-state index contributed by atoms with van der Waals surface area (Å²) in [5.74, 6) is 0.649. The quantitative estimate of drug-likeness (QED) is 0.203. The number of carbonyl (C=O) groups is 2. The lowest BCUT2D eigenvalue weighted by molar-refractivity contribution is -0.124. The number of rotatable bonds is 10. The van der Waals surface area contributed by atoms with E-state index in [1.54, 1.807) is 13.2 Å². The van der Waals surface area contributed by atoms with Crippen LogP contribution in [0.1, 0.15) is 29.5 Å². The van der Waals surface area contributed by atoms with Crippen LogP contribution in [0.3, 0.4) is 0 Å². The van der Waals surface area contributed by atoms with E-state index in [2.05, 4.69) is 38.4 Å². The lowest BCUT2D eigenvalue weighted by Crippen LogP contribution is -2.20. The van der Waals surface area contributed by atoms with Crippen molar-refractivity contribution in [3.8, 4) is 11.5 Å². The van der Waals surface area contributed by atoms with E-state index in [9.17, 15) is 9.59 Å². The number of nitrogens with one attached hydrogen (secondary N) is 2. The highest BCUT2D eigenvalue weighted by Crippen LogP contribution is 2.34. The van der Waals surface area contributed by atoms with E-state index in [4.69, 9.17) is 9.47 Å². The van der Waals surface area contributed by atoms with Crippen LogP contribution in [0.5, 0.6) is 11.5 Å². The molecule has 0 bridgehead atoms. The second-order valence-electron chi connectivity index (χ2n) is 7.46. The summed E-state index contributed by atoms with van der Waals surface area (Å²) in [6.45, 7) is 2.34. The van der Waals surface area contributed by atoms with E-state index in [1.165, 1.54) is 6.21 Å². The van der Waals surface area contributed by atoms with E-state index < -0.39 is 0 Å². The van der Waals surface area contributed by atoms with Crippen molar-refractivity contribution in [2.75, 3.05) is 12.4 Å². The third kappa shape index (κ3) is 7.58. The number of benzene rings is 3. The Morgan fingerprint density at radius 1 is 1.00 bits per heavy atom. The van der Waals surface area contributed by atoms with E-state index in [1.807, 2.05) is 67.6 Å². The van der Waals surface area contributed by atoms with Gasteiger partial charge in [0.1, 0.15) is 6.61 Å². The number of hydrogen-bond donors (Lipinski definition) is 2. The van der Waals surface area contributed by atoms with Gasteiger partial charge >= 0.3 is 0 Å². The van der Waals surface area contributed by atoms with Crippen LogP contribution in [0.25, 0.3) is 0 Å². The summed E-state index contributed by atoms with van der Waals surface area (Å²) in [5.41, 5.74) is 5.96. The number of aryl methyl sites for hydroxylation is 1. The second-order valence-corrected chi connectivity index (χ2v) is 8.63. The first-order valence-corrected chi connectivity index (χ1v) is 11.8. The molecule has 0 aromatic heterocycles. The molecule has 0 radical (unpaired) electrons. The molecule has 0 aliphatic rings. The van der Waals surface area contributed by atoms with Gasteiger partial charge in [0.2, 0.25) is 11.8 Å². The van der Waals surface area contributed by atoms with Gasteiger partial charge in [-0.25, -0.2) is 5.43 Å². The number of ether oxygens (including phenoxy) is 2. The molecule has 3 aromatic carbocycles. The zero-order valence-corrected chi connectivity index (χ0v) is 21.2. The molecule has 2 amide bonds. The van der Waals surface area contributed by atoms with Crippen LogP contribution < -0.4 is 20.2 Å². The summed E-state index contributed by atoms with van der Waals surface area (Å²) in [4.78, 5) is 24.2. The highest BCUT2D eigenvalue weighted by molar-refractivity contribution is 14.1. The van der Waals surface area contributed by atoms with Gasteiger partial charge in [-0.2, -0.15) is 5.10 Å². The molecule has 3 aromatic rings. The number of anilines is 1. The number of nitrogens with zero attached hydrogens (tertiary/aromatic N) is 1. The highest BCUT2D eigenvalue weighted by atomic mass is 127. The van der Waals surface area contributed by atoms with Gasteiger partial charge in [0.25, 0.3) is 0 Å². The minimum atomic E-state index is -0.347. The molecule has 0 atom stereocenters. The Bertz CT molecular complexity index is 1170. The number of carbonyl (C=O) groups excluding carboxylic acids is 2. The number of para-hydroxylation sites is 1. The maximum absolute atomic E-state index is 12.1. The monoisotopic (exact) mass is 571 g/mol. The van der Waals surface area contributed by atoms with Crippen molar-refractivity contribution in [1.29, 1.82) is 0 Å². The van der Waals surface area contributed by atoms with Crippen molar-refractivity contribution < 1.29 is 19.1 Å². The average Bonchev–Trinajstić information content (AvgIpc) is 2.84. The number of hydrazone groups is 1. The molecule has 176 valence electrons. The molecular weight excluding hydrogens is 545 g/mol. The fourth-order valence-corrected chi connectivity index (χ4v) is 3.85. The third-order valence-corrected chi connectivity index (χ3v) is 5.68. The van der Waals surface area contributed by atoms with Crippen LogP contribution in [0.15, 0.2) is 71.8 Å². The molecule has 2 N–H and O–H groups in total. The molecule has 0 heterocycles. The molecule has 0 unspecified atom stereocenters. The van der Waals surface area contributed by atoms with Crippen molar-refractivity contribution >= 4 is 46.3 Å². The standard InChI is InChI=1S/C26H26IN3O4/c1-18-8-6-7-11-22(18)29-24(31)12-13-25(32)30-28-16-20-14-21(27)26(23(15-20)33-2)34-17-19-9-4-3-5-10-19/h3-11,14-16H,12-13,17H2,1-2H3,(H,29,31)(H,30,32). The van der Waals surface area contributed by atoms with E-state index in [-0.39, 0.29) is 24.7 Å². The maximum atomic E-state index is 12.1. The summed E-state index contributed by atoms with van der Waals surface area (Å²) < 4.78 is 12.3. The smallest absolute Gasteiger partial charge is 0.240 e. The van der Waals surface area contributed by atoms with Crippen LogP contribution >= 0.6 is 22.6 Å². The maximum Gasteiger partial charge on any atom is 0.240 e. The van der Waals surface area contributed by atoms with E-state index in [0.29, 0.717) is 18.1 Å². The van der Waals surface area contributed by atoms with E-state index >= 15 is 0 Å². The van der Waals surface area contributed by atoms with Gasteiger partial charge in [0.05, 0.1) is 16.9 Å². The van der Waals surface area contributed by atoms with Gasteiger partial charge in [-0.3, -0.25) is 9.59 Å². The second kappa shape index (κ2) is 12.7. The Balaban J connectivity index is 1.51. The van der Waals surface area contributed by atoms with Gasteiger partial charge in [-0.15, -0.1) is 0 Å². The summed E-state index contributed by atoms with van der Waals surface area (Å²) in [5, 5.41) is 6.81. The number of amides is 2. The zero-order valence-electron chi connectivity index (χ0n) is 19.0. The lowest BCUT2D eigenvalue weighted by atomic mass is 10.2. The van der Waals surface area contributed by atoms with Crippen LogP contribution in [0.4, 0.5) is 5.69 Å². The molecule has 0 aliphatic heterocycles. The van der Waals surface area contributed by atoms with Gasteiger partial charge in [-0.1, -0.05) is 48.5 Å². The summed E-state index contributed by atoms with van der Waals surface area (Å²) in [6, 6.07) is 21.0. The Hall–Kier alpha value is -3.40. The molecule has 0 saturated heterocycles. The minimum Gasteiger partial charge on any atom is -0.493 e. The van der Waals surface area contributed by atoms with Gasteiger partial charge in [0.15, 0.2) is 11.5 Å². The molecule has 3 rings (SSSR count). The summed E-state index contributed by atoms with van der Waals surface area (Å²) >= 11 is 2.18. The van der Waals surface area contributed by atoms with Crippen molar-refractivity contribution in [2.45, 2.75) is 26.4 Å². The zero-order chi connectivity index (χ0) is 24.3. The summed E-state index contributed by atoms with van der Waals surface area (Å²) in [7, 11) is 1.57. The van der Waals surface area contributed by atoms with Crippen molar-refractivity contribution in [3.05, 3.63) is 87.0 Å². The highest BCUT2D eigenvalue weighted by Gasteiger charge is 2.12. The molecule has 34 heavy (non-hydrogen) atoms. The van der Waals surface area contributed by atoms with Crippen LogP contribution in [0, 0.1) is 10.5 Å². The Morgan fingerprint density at radius 3 is 2.44 bits per heavy atom. The van der Waals surface area contributed by atoms with Crippen LogP contribution in [0.2, 0.25) is 0 Å². The molecule has 0 spiro atoms. The number of methoxy groups -OCH3 is 1.